The van der Waals surface area contributed by atoms with Gasteiger partial charge in [-0.2, -0.15) is 8.42 Å². The third kappa shape index (κ3) is 12.3. The van der Waals surface area contributed by atoms with Gasteiger partial charge in [-0.25, -0.2) is 4.79 Å². The van der Waals surface area contributed by atoms with Gasteiger partial charge in [-0.05, 0) is 157 Å². The van der Waals surface area contributed by atoms with Crippen LogP contribution in [0.2, 0.25) is 30.1 Å². The van der Waals surface area contributed by atoms with E-state index in [1.54, 1.807) is 55.6 Å². The molecule has 2 aromatic heterocycles. The highest BCUT2D eigenvalue weighted by atomic mass is 35.5. The van der Waals surface area contributed by atoms with Gasteiger partial charge < -0.3 is 28.9 Å². The molecule has 78 heavy (non-hydrogen) atoms. The zero-order valence-corrected chi connectivity index (χ0v) is 46.8. The fourth-order valence-electron chi connectivity index (χ4n) is 9.92. The van der Waals surface area contributed by atoms with Crippen LogP contribution in [0.4, 0.5) is 0 Å². The van der Waals surface area contributed by atoms with E-state index >= 15 is 0 Å². The number of carbonyl (C=O) groups is 2. The quantitative estimate of drug-likeness (QED) is 0.0943. The van der Waals surface area contributed by atoms with Crippen molar-refractivity contribution >= 4 is 93.1 Å². The fourth-order valence-corrected chi connectivity index (χ4v) is 11.7. The second-order valence-electron chi connectivity index (χ2n) is 19.5. The monoisotopic (exact) mass is 1180 g/mol. The summed E-state index contributed by atoms with van der Waals surface area (Å²) < 4.78 is 40.4. The Hall–Kier alpha value is -6.16. The van der Waals surface area contributed by atoms with Crippen molar-refractivity contribution in [1.29, 1.82) is 0 Å². The van der Waals surface area contributed by atoms with Crippen LogP contribution >= 0.6 is 69.6 Å². The molecule has 0 bridgehead atoms. The molecule has 4 fully saturated rings. The largest absolute Gasteiger partial charge is 0.489 e. The van der Waals surface area contributed by atoms with Crippen molar-refractivity contribution < 1.29 is 41.6 Å². The Labute approximate surface area is 482 Å². The molecule has 4 aliphatic rings. The van der Waals surface area contributed by atoms with Crippen molar-refractivity contribution in [2.75, 3.05) is 7.05 Å². The minimum absolute atomic E-state index is 0.0833. The number of halogens is 6. The number of amides is 1. The van der Waals surface area contributed by atoms with Gasteiger partial charge in [0.05, 0.1) is 36.8 Å². The van der Waals surface area contributed by atoms with Crippen molar-refractivity contribution in [3.63, 3.8) is 0 Å². The third-order valence-electron chi connectivity index (χ3n) is 14.4. The minimum atomic E-state index is -0.921. The summed E-state index contributed by atoms with van der Waals surface area (Å²) in [5, 5.41) is 23.8. The van der Waals surface area contributed by atoms with Gasteiger partial charge in [0.1, 0.15) is 47.6 Å². The lowest BCUT2D eigenvalue weighted by Crippen LogP contribution is -2.17. The van der Waals surface area contributed by atoms with Gasteiger partial charge in [0, 0.05) is 45.6 Å². The number of hydrogen-bond acceptors (Lipinski definition) is 10. The molecule has 1 amide bonds. The molecule has 12 nitrogen and oxygen atoms in total. The average molecular weight is 1190 g/mol. The topological polar surface area (TPSA) is 171 Å². The van der Waals surface area contributed by atoms with Gasteiger partial charge in [0.2, 0.25) is 0 Å². The average Bonchev–Trinajstić information content (AvgIpc) is 4.36. The molecule has 4 aliphatic carbocycles. The number of benzene rings is 6. The van der Waals surface area contributed by atoms with Crippen LogP contribution in [-0.2, 0) is 24.8 Å². The molecule has 0 spiro atoms. The summed E-state index contributed by atoms with van der Waals surface area (Å²) >= 11 is 38.5. The molecule has 6 aromatic carbocycles. The van der Waals surface area contributed by atoms with E-state index in [0.29, 0.717) is 105 Å². The molecule has 400 valence electrons. The van der Waals surface area contributed by atoms with Crippen molar-refractivity contribution in [2.24, 2.45) is 0 Å². The van der Waals surface area contributed by atoms with Crippen molar-refractivity contribution in [3.8, 4) is 34.0 Å². The first kappa shape index (κ1) is 55.2. The standard InChI is InChI=1S/C30H25Cl3N2O3.C29H22Cl3NO4.O2S/c1-34-30(36)18-9-5-16(6-10-18)21-14-22(21)20-12-11-19(13-26(20)33)37-15-23-28(35-38-29(23)17-7-8-17)27-24(31)3-2-4-25(27)32;30-23-2-1-3-24(31)26(23)27-22(28(37-33-27)16-6-7-16)14-36-18-10-11-19(25(32)12-18)21-13-20(21)15-4-8-17(9-5-15)29(34)35;1-3-2/h2-6,9-13,17,21-22H,7-8,14-15H2,1H3,(H,34,36);1-5,8-12,16,20-21H,6-7,13-14H2,(H,34,35);. The molecule has 0 aliphatic heterocycles. The van der Waals surface area contributed by atoms with Crippen molar-refractivity contribution in [1.82, 2.24) is 15.6 Å². The lowest BCUT2D eigenvalue weighted by molar-refractivity contribution is 0.0696. The van der Waals surface area contributed by atoms with E-state index in [1.165, 1.54) is 5.56 Å². The Morgan fingerprint density at radius 2 is 0.949 bits per heavy atom. The van der Waals surface area contributed by atoms with E-state index in [1.807, 2.05) is 72.8 Å². The molecule has 12 rings (SSSR count). The molecule has 2 heterocycles. The summed E-state index contributed by atoms with van der Waals surface area (Å²) in [6, 6.07) is 37.3. The Morgan fingerprint density at radius 3 is 1.29 bits per heavy atom. The molecular weight excluding hydrogens is 1140 g/mol. The van der Waals surface area contributed by atoms with Crippen LogP contribution in [0, 0.1) is 0 Å². The van der Waals surface area contributed by atoms with Gasteiger partial charge in [0.25, 0.3) is 5.91 Å². The second kappa shape index (κ2) is 24.1. The van der Waals surface area contributed by atoms with Crippen LogP contribution in [0.1, 0.15) is 140 Å². The van der Waals surface area contributed by atoms with Gasteiger partial charge in [-0.15, -0.1) is 0 Å². The lowest BCUT2D eigenvalue weighted by atomic mass is 10.0. The predicted octanol–water partition coefficient (Wildman–Crippen LogP) is 16.4. The molecule has 4 saturated carbocycles. The Kier molecular flexibility index (Phi) is 17.0. The number of aromatic carboxylic acids is 1. The molecular formula is C59H47Cl6N3O9S. The fraction of sp³-hybridized carbons (Fsp3) is 0.254. The van der Waals surface area contributed by atoms with Crippen molar-refractivity contribution in [2.45, 2.75) is 87.2 Å². The van der Waals surface area contributed by atoms with Crippen LogP contribution in [0.3, 0.4) is 0 Å². The Morgan fingerprint density at radius 1 is 0.564 bits per heavy atom. The van der Waals surface area contributed by atoms with Crippen LogP contribution in [0.25, 0.3) is 22.5 Å². The maximum absolute atomic E-state index is 11.8. The number of carbonyl (C=O) groups excluding carboxylic acids is 1. The van der Waals surface area contributed by atoms with E-state index in [9.17, 15) is 9.59 Å². The zero-order valence-electron chi connectivity index (χ0n) is 41.5. The minimum Gasteiger partial charge on any atom is -0.489 e. The van der Waals surface area contributed by atoms with Crippen LogP contribution in [0.5, 0.6) is 11.5 Å². The summed E-state index contributed by atoms with van der Waals surface area (Å²) in [6.07, 6.45) is 6.23. The summed E-state index contributed by atoms with van der Waals surface area (Å²) in [5.74, 6) is 4.01. The zero-order chi connectivity index (χ0) is 54.8. The SMILES string of the molecule is CNC(=O)c1ccc(C2CC2c2ccc(OCc3c(-c4c(Cl)cccc4Cl)noc3C3CC3)cc2Cl)cc1.O=C(O)c1ccc(C2CC2c2ccc(OCc3c(-c4c(Cl)cccc4Cl)noc3C3CC3)cc2Cl)cc1.O=S=O. The third-order valence-corrected chi connectivity index (χ3v) is 16.4. The van der Waals surface area contributed by atoms with E-state index < -0.39 is 17.5 Å². The highest BCUT2D eigenvalue weighted by molar-refractivity contribution is 7.51. The van der Waals surface area contributed by atoms with E-state index in [0.717, 1.165) is 77.9 Å². The number of carboxylic acid groups (broad SMARTS) is 1. The van der Waals surface area contributed by atoms with Gasteiger partial charge in [0.15, 0.2) is 0 Å². The van der Waals surface area contributed by atoms with Crippen LogP contribution < -0.4 is 14.8 Å². The van der Waals surface area contributed by atoms with E-state index in [2.05, 4.69) is 15.6 Å². The first-order chi connectivity index (χ1) is 37.8. The molecule has 19 heteroatoms. The van der Waals surface area contributed by atoms with E-state index in [4.69, 9.17) is 102 Å². The number of hydrogen-bond donors (Lipinski definition) is 2. The maximum Gasteiger partial charge on any atom is 0.335 e. The highest BCUT2D eigenvalue weighted by Crippen LogP contribution is 2.58. The van der Waals surface area contributed by atoms with Crippen LogP contribution in [-0.4, -0.2) is 42.8 Å². The number of rotatable bonds is 16. The summed E-state index contributed by atoms with van der Waals surface area (Å²) in [5.41, 5.74) is 9.69. The number of aromatic nitrogens is 2. The maximum atomic E-state index is 11.8. The van der Waals surface area contributed by atoms with Crippen LogP contribution in [0.15, 0.2) is 130 Å². The van der Waals surface area contributed by atoms with Gasteiger partial charge in [-0.3, -0.25) is 4.79 Å². The molecule has 8 aromatic rings. The summed E-state index contributed by atoms with van der Waals surface area (Å²) in [4.78, 5) is 22.9. The molecule has 0 radical (unpaired) electrons. The number of nitrogens with zero attached hydrogens (tertiary/aromatic N) is 2. The predicted molar refractivity (Wildman–Crippen MR) is 302 cm³/mol. The number of ether oxygens (including phenoxy) is 2. The van der Waals surface area contributed by atoms with Gasteiger partial charge in [-0.1, -0.05) is 128 Å². The normalized spacial score (nSPS) is 17.9. The molecule has 4 unspecified atom stereocenters. The summed E-state index contributed by atoms with van der Waals surface area (Å²) in [7, 11) is 1.63. The van der Waals surface area contributed by atoms with Crippen molar-refractivity contribution in [3.05, 3.63) is 207 Å². The highest BCUT2D eigenvalue weighted by Gasteiger charge is 2.42. The Bertz CT molecular complexity index is 3540. The first-order valence-corrected chi connectivity index (χ1v) is 28.0. The Balaban J connectivity index is 0.000000168. The second-order valence-corrected chi connectivity index (χ2v) is 22.1. The smallest absolute Gasteiger partial charge is 0.335 e. The number of carboxylic acids is 1. The molecule has 0 saturated heterocycles. The number of nitrogens with one attached hydrogen (secondary N) is 1. The first-order valence-electron chi connectivity index (χ1n) is 25.0. The lowest BCUT2D eigenvalue weighted by Gasteiger charge is -2.11. The molecule has 2 N–H and O–H groups in total. The molecule has 4 atom stereocenters. The van der Waals surface area contributed by atoms with Gasteiger partial charge >= 0.3 is 17.5 Å². The van der Waals surface area contributed by atoms with E-state index in [-0.39, 0.29) is 24.7 Å². The summed E-state index contributed by atoms with van der Waals surface area (Å²) in [6.45, 7) is 0.523.